The molecule has 2 atom stereocenters. The molecular weight excluding hydrogens is 443 g/mol. The smallest absolute Gasteiger partial charge is 0.406 e. The first-order valence-corrected chi connectivity index (χ1v) is 10.5. The maximum atomic E-state index is 12.9. The number of alkyl halides is 3. The maximum absolute atomic E-state index is 12.9. The molecule has 2 aliphatic heterocycles. The SMILES string of the molecule is C[C@@H]1CCCCN1c1nc2c(c(=O)[nH]1)[C@H](C(=O)Nc1cccc(OC(F)(F)F)c1)CC(=O)N2. The van der Waals surface area contributed by atoms with Gasteiger partial charge in [0.15, 0.2) is 0 Å². The first kappa shape index (κ1) is 22.6. The van der Waals surface area contributed by atoms with Crippen molar-refractivity contribution in [3.63, 3.8) is 0 Å². The van der Waals surface area contributed by atoms with E-state index in [1.165, 1.54) is 12.1 Å². The van der Waals surface area contributed by atoms with E-state index in [0.29, 0.717) is 12.5 Å². The van der Waals surface area contributed by atoms with Gasteiger partial charge in [0.1, 0.15) is 11.6 Å². The van der Waals surface area contributed by atoms with Gasteiger partial charge in [0.05, 0.1) is 11.5 Å². The van der Waals surface area contributed by atoms with Crippen molar-refractivity contribution in [1.82, 2.24) is 9.97 Å². The summed E-state index contributed by atoms with van der Waals surface area (Å²) in [5.74, 6) is -2.55. The number of ether oxygens (including phenoxy) is 1. The number of rotatable bonds is 4. The minimum Gasteiger partial charge on any atom is -0.406 e. The number of aromatic nitrogens is 2. The Morgan fingerprint density at radius 1 is 1.27 bits per heavy atom. The Hall–Kier alpha value is -3.57. The van der Waals surface area contributed by atoms with Gasteiger partial charge in [0.2, 0.25) is 17.8 Å². The molecule has 12 heteroatoms. The summed E-state index contributed by atoms with van der Waals surface area (Å²) in [6, 6.07) is 4.89. The van der Waals surface area contributed by atoms with Crippen LogP contribution >= 0.6 is 0 Å². The molecule has 2 aliphatic rings. The van der Waals surface area contributed by atoms with Crippen molar-refractivity contribution in [2.45, 2.75) is 50.9 Å². The molecule has 1 saturated heterocycles. The van der Waals surface area contributed by atoms with Crippen molar-refractivity contribution in [2.24, 2.45) is 0 Å². The second kappa shape index (κ2) is 8.75. The molecule has 33 heavy (non-hydrogen) atoms. The number of fused-ring (bicyclic) bond motifs is 1. The lowest BCUT2D eigenvalue weighted by Gasteiger charge is -2.34. The van der Waals surface area contributed by atoms with Crippen LogP contribution in [0.15, 0.2) is 29.1 Å². The molecule has 2 aromatic rings. The van der Waals surface area contributed by atoms with Gasteiger partial charge in [0, 0.05) is 30.8 Å². The number of piperidine rings is 1. The third-order valence-electron chi connectivity index (χ3n) is 5.67. The van der Waals surface area contributed by atoms with E-state index < -0.39 is 35.4 Å². The number of nitrogens with zero attached hydrogens (tertiary/aromatic N) is 2. The van der Waals surface area contributed by atoms with Crippen LogP contribution in [0.2, 0.25) is 0 Å². The van der Waals surface area contributed by atoms with Crippen molar-refractivity contribution >= 4 is 29.3 Å². The molecule has 1 aromatic carbocycles. The van der Waals surface area contributed by atoms with Crippen LogP contribution in [-0.2, 0) is 9.59 Å². The summed E-state index contributed by atoms with van der Waals surface area (Å²) in [5.41, 5.74) is -0.525. The summed E-state index contributed by atoms with van der Waals surface area (Å²) >= 11 is 0. The van der Waals surface area contributed by atoms with Crippen molar-refractivity contribution in [2.75, 3.05) is 22.1 Å². The highest BCUT2D eigenvalue weighted by Gasteiger charge is 2.36. The number of hydrogen-bond acceptors (Lipinski definition) is 6. The minimum absolute atomic E-state index is 0.00297. The predicted octanol–water partition coefficient (Wildman–Crippen LogP) is 3.11. The zero-order valence-electron chi connectivity index (χ0n) is 17.7. The highest BCUT2D eigenvalue weighted by Crippen LogP contribution is 2.32. The van der Waals surface area contributed by atoms with Crippen molar-refractivity contribution in [3.8, 4) is 5.75 Å². The highest BCUT2D eigenvalue weighted by atomic mass is 19.4. The van der Waals surface area contributed by atoms with E-state index in [1.54, 1.807) is 0 Å². The Bertz CT molecular complexity index is 1130. The summed E-state index contributed by atoms with van der Waals surface area (Å²) in [6.07, 6.45) is -2.23. The van der Waals surface area contributed by atoms with Crippen LogP contribution in [0.5, 0.6) is 5.75 Å². The lowest BCUT2D eigenvalue weighted by Crippen LogP contribution is -2.42. The molecule has 3 N–H and O–H groups in total. The number of nitrogens with one attached hydrogen (secondary N) is 3. The van der Waals surface area contributed by atoms with E-state index in [2.05, 4.69) is 25.3 Å². The predicted molar refractivity (Wildman–Crippen MR) is 113 cm³/mol. The van der Waals surface area contributed by atoms with Crippen molar-refractivity contribution in [3.05, 3.63) is 40.2 Å². The number of carbonyl (C=O) groups is 2. The average molecular weight is 465 g/mol. The van der Waals surface area contributed by atoms with Crippen molar-refractivity contribution < 1.29 is 27.5 Å². The average Bonchev–Trinajstić information content (AvgIpc) is 2.72. The molecule has 3 heterocycles. The zero-order valence-corrected chi connectivity index (χ0v) is 17.7. The van der Waals surface area contributed by atoms with Gasteiger partial charge in [-0.2, -0.15) is 4.98 Å². The van der Waals surface area contributed by atoms with Crippen LogP contribution < -0.4 is 25.8 Å². The number of halogens is 3. The molecule has 176 valence electrons. The third-order valence-corrected chi connectivity index (χ3v) is 5.67. The zero-order chi connectivity index (χ0) is 23.8. The number of hydrogen-bond donors (Lipinski definition) is 3. The van der Waals surface area contributed by atoms with Gasteiger partial charge in [-0.15, -0.1) is 13.2 Å². The van der Waals surface area contributed by atoms with Gasteiger partial charge >= 0.3 is 6.36 Å². The molecule has 0 saturated carbocycles. The van der Waals surface area contributed by atoms with Gasteiger partial charge < -0.3 is 20.3 Å². The lowest BCUT2D eigenvalue weighted by molar-refractivity contribution is -0.274. The van der Waals surface area contributed by atoms with Gasteiger partial charge in [-0.05, 0) is 38.3 Å². The molecule has 1 fully saturated rings. The van der Waals surface area contributed by atoms with Crippen LogP contribution in [0, 0.1) is 0 Å². The van der Waals surface area contributed by atoms with Gasteiger partial charge in [-0.1, -0.05) is 6.07 Å². The minimum atomic E-state index is -4.88. The molecule has 0 spiro atoms. The number of carbonyl (C=O) groups excluding carboxylic acids is 2. The Kier molecular flexibility index (Phi) is 6.00. The lowest BCUT2D eigenvalue weighted by atomic mass is 9.92. The first-order valence-electron chi connectivity index (χ1n) is 10.5. The number of aromatic amines is 1. The fourth-order valence-electron chi connectivity index (χ4n) is 4.13. The largest absolute Gasteiger partial charge is 0.573 e. The number of amides is 2. The van der Waals surface area contributed by atoms with Crippen LogP contribution in [-0.4, -0.2) is 40.7 Å². The molecular formula is C21H22F3N5O4. The third kappa shape index (κ3) is 5.10. The molecule has 0 aliphatic carbocycles. The molecule has 2 amide bonds. The number of benzene rings is 1. The Morgan fingerprint density at radius 3 is 2.79 bits per heavy atom. The van der Waals surface area contributed by atoms with Gasteiger partial charge in [0.25, 0.3) is 5.56 Å². The first-order chi connectivity index (χ1) is 15.6. The van der Waals surface area contributed by atoms with E-state index in [4.69, 9.17) is 0 Å². The van der Waals surface area contributed by atoms with E-state index >= 15 is 0 Å². The van der Waals surface area contributed by atoms with Gasteiger partial charge in [-0.3, -0.25) is 19.4 Å². The molecule has 0 bridgehead atoms. The standard InChI is InChI=1S/C21H22F3N5O4/c1-11-5-2-3-8-29(11)20-27-17-16(19(32)28-20)14(10-15(30)26-17)18(31)25-12-6-4-7-13(9-12)33-21(22,23)24/h4,6-7,9,11,14H,2-3,5,8,10H2,1H3,(H,25,31)(H2,26,27,28,30,32)/t11-,14-/m1/s1. The molecule has 9 nitrogen and oxygen atoms in total. The second-order valence-corrected chi connectivity index (χ2v) is 8.06. The topological polar surface area (TPSA) is 116 Å². The van der Waals surface area contributed by atoms with Crippen LogP contribution in [0.3, 0.4) is 0 Å². The summed E-state index contributed by atoms with van der Waals surface area (Å²) < 4.78 is 41.3. The Labute approximate surface area is 186 Å². The van der Waals surface area contributed by atoms with Crippen LogP contribution in [0.25, 0.3) is 0 Å². The molecule has 4 rings (SSSR count). The fourth-order valence-corrected chi connectivity index (χ4v) is 4.13. The van der Waals surface area contributed by atoms with E-state index in [0.717, 1.165) is 31.4 Å². The Morgan fingerprint density at radius 2 is 2.06 bits per heavy atom. The monoisotopic (exact) mass is 465 g/mol. The number of H-pyrrole nitrogens is 1. The number of anilines is 3. The normalized spacial score (nSPS) is 20.6. The highest BCUT2D eigenvalue weighted by molar-refractivity contribution is 6.04. The fraction of sp³-hybridized carbons (Fsp3) is 0.429. The maximum Gasteiger partial charge on any atom is 0.573 e. The van der Waals surface area contributed by atoms with E-state index in [1.807, 2.05) is 11.8 Å². The second-order valence-electron chi connectivity index (χ2n) is 8.06. The summed E-state index contributed by atoms with van der Waals surface area (Å²) in [6.45, 7) is 2.72. The van der Waals surface area contributed by atoms with E-state index in [-0.39, 0.29) is 29.5 Å². The summed E-state index contributed by atoms with van der Waals surface area (Å²) in [7, 11) is 0. The Balaban J connectivity index is 1.60. The summed E-state index contributed by atoms with van der Waals surface area (Å²) in [4.78, 5) is 47.2. The molecule has 0 unspecified atom stereocenters. The van der Waals surface area contributed by atoms with Crippen LogP contribution in [0.4, 0.5) is 30.6 Å². The van der Waals surface area contributed by atoms with Crippen LogP contribution in [0.1, 0.15) is 44.1 Å². The molecule has 0 radical (unpaired) electrons. The van der Waals surface area contributed by atoms with E-state index in [9.17, 15) is 27.6 Å². The van der Waals surface area contributed by atoms with Crippen molar-refractivity contribution in [1.29, 1.82) is 0 Å². The summed E-state index contributed by atoms with van der Waals surface area (Å²) in [5, 5.41) is 5.01. The molecule has 1 aromatic heterocycles. The van der Waals surface area contributed by atoms with Gasteiger partial charge in [-0.25, -0.2) is 0 Å². The quantitative estimate of drug-likeness (QED) is 0.639.